The highest BCUT2D eigenvalue weighted by Gasteiger charge is 2.33. The number of rotatable bonds is 3. The molecule has 1 aromatic carbocycles. The molecule has 0 fully saturated rings. The van der Waals surface area contributed by atoms with E-state index < -0.39 is 24.0 Å². The maximum atomic E-state index is 13.5. The molecule has 6 heteroatoms. The van der Waals surface area contributed by atoms with Gasteiger partial charge in [-0.05, 0) is 12.5 Å². The average Bonchev–Trinajstić information content (AvgIpc) is 2.18. The second kappa shape index (κ2) is 4.69. The quantitative estimate of drug-likeness (QED) is 0.819. The summed E-state index contributed by atoms with van der Waals surface area (Å²) < 4.78 is 52.8. The Hall–Kier alpha value is -1.30. The summed E-state index contributed by atoms with van der Waals surface area (Å²) in [6.45, 7) is 1.71. The molecule has 1 unspecified atom stereocenters. The second-order valence-electron chi connectivity index (χ2n) is 3.22. The molecule has 0 aromatic heterocycles. The Morgan fingerprint density at radius 3 is 2.50 bits per heavy atom. The topological polar surface area (TPSA) is 35.2 Å². The van der Waals surface area contributed by atoms with Crippen molar-refractivity contribution in [3.63, 3.8) is 0 Å². The zero-order valence-corrected chi connectivity index (χ0v) is 8.51. The molecule has 1 rings (SSSR count). The summed E-state index contributed by atoms with van der Waals surface area (Å²) >= 11 is 0. The van der Waals surface area contributed by atoms with E-state index in [1.165, 1.54) is 12.1 Å². The largest absolute Gasteiger partial charge is 0.573 e. The van der Waals surface area contributed by atoms with Gasteiger partial charge in [0.1, 0.15) is 0 Å². The fourth-order valence-electron chi connectivity index (χ4n) is 1.24. The lowest BCUT2D eigenvalue weighted by molar-refractivity contribution is -0.275. The van der Waals surface area contributed by atoms with Crippen molar-refractivity contribution in [2.24, 2.45) is 5.73 Å². The zero-order chi connectivity index (χ0) is 12.3. The van der Waals surface area contributed by atoms with Crippen molar-refractivity contribution >= 4 is 0 Å². The second-order valence-corrected chi connectivity index (χ2v) is 3.22. The predicted molar refractivity (Wildman–Crippen MR) is 50.3 cm³/mol. The van der Waals surface area contributed by atoms with E-state index in [9.17, 15) is 17.6 Å². The third-order valence-corrected chi connectivity index (χ3v) is 2.06. The van der Waals surface area contributed by atoms with Crippen molar-refractivity contribution in [1.29, 1.82) is 0 Å². The van der Waals surface area contributed by atoms with Gasteiger partial charge in [-0.15, -0.1) is 13.2 Å². The number of benzene rings is 1. The predicted octanol–water partition coefficient (Wildman–Crippen LogP) is 3.13. The summed E-state index contributed by atoms with van der Waals surface area (Å²) in [5.41, 5.74) is 5.57. The number of halogens is 4. The van der Waals surface area contributed by atoms with Gasteiger partial charge in [-0.1, -0.05) is 19.1 Å². The lowest BCUT2D eigenvalue weighted by Crippen LogP contribution is -2.19. The Kier molecular flexibility index (Phi) is 3.74. The number of hydrogen-bond donors (Lipinski definition) is 1. The van der Waals surface area contributed by atoms with Crippen molar-refractivity contribution in [3.8, 4) is 5.75 Å². The standard InChI is InChI=1S/C10H11F4NO/c1-2-7(15)6-4-3-5-8(9(6)11)16-10(12,13)14/h3-5,7H,2,15H2,1H3. The highest BCUT2D eigenvalue weighted by atomic mass is 19.4. The van der Waals surface area contributed by atoms with Gasteiger partial charge in [0.15, 0.2) is 11.6 Å². The van der Waals surface area contributed by atoms with Crippen molar-refractivity contribution in [2.75, 3.05) is 0 Å². The molecule has 1 atom stereocenters. The van der Waals surface area contributed by atoms with Crippen LogP contribution in [-0.2, 0) is 0 Å². The molecule has 0 saturated heterocycles. The van der Waals surface area contributed by atoms with Gasteiger partial charge >= 0.3 is 6.36 Å². The molecule has 1 aromatic rings. The SMILES string of the molecule is CCC(N)c1cccc(OC(F)(F)F)c1F. The zero-order valence-electron chi connectivity index (χ0n) is 8.51. The molecule has 90 valence electrons. The van der Waals surface area contributed by atoms with Crippen molar-refractivity contribution in [2.45, 2.75) is 25.7 Å². The molecular weight excluding hydrogens is 226 g/mol. The molecule has 0 aliphatic rings. The molecule has 0 aliphatic carbocycles. The molecule has 0 spiro atoms. The Morgan fingerprint density at radius 1 is 1.38 bits per heavy atom. The van der Waals surface area contributed by atoms with Crippen LogP contribution in [0.4, 0.5) is 17.6 Å². The van der Waals surface area contributed by atoms with Crippen LogP contribution in [0, 0.1) is 5.82 Å². The molecule has 0 saturated carbocycles. The van der Waals surface area contributed by atoms with Crippen LogP contribution >= 0.6 is 0 Å². The molecule has 0 radical (unpaired) electrons. The summed E-state index contributed by atoms with van der Waals surface area (Å²) in [4.78, 5) is 0. The Labute approximate surface area is 90.0 Å². The Bertz CT molecular complexity index is 364. The fraction of sp³-hybridized carbons (Fsp3) is 0.400. The highest BCUT2D eigenvalue weighted by Crippen LogP contribution is 2.29. The minimum absolute atomic E-state index is 0.0178. The molecule has 0 amide bonds. The van der Waals surface area contributed by atoms with Crippen molar-refractivity contribution in [1.82, 2.24) is 0 Å². The van der Waals surface area contributed by atoms with Gasteiger partial charge < -0.3 is 10.5 Å². The molecule has 0 heterocycles. The van der Waals surface area contributed by atoms with Crippen LogP contribution in [0.5, 0.6) is 5.75 Å². The van der Waals surface area contributed by atoms with E-state index in [2.05, 4.69) is 4.74 Å². The summed E-state index contributed by atoms with van der Waals surface area (Å²) in [5, 5.41) is 0. The molecule has 0 bridgehead atoms. The van der Waals surface area contributed by atoms with Gasteiger partial charge in [-0.25, -0.2) is 4.39 Å². The van der Waals surface area contributed by atoms with Gasteiger partial charge in [-0.2, -0.15) is 0 Å². The average molecular weight is 237 g/mol. The smallest absolute Gasteiger partial charge is 0.403 e. The van der Waals surface area contributed by atoms with E-state index in [-0.39, 0.29) is 5.56 Å². The van der Waals surface area contributed by atoms with Crippen LogP contribution in [0.15, 0.2) is 18.2 Å². The van der Waals surface area contributed by atoms with E-state index >= 15 is 0 Å². The molecular formula is C10H11F4NO. The van der Waals surface area contributed by atoms with Crippen LogP contribution in [0.25, 0.3) is 0 Å². The van der Waals surface area contributed by atoms with Gasteiger partial charge in [0.05, 0.1) is 0 Å². The van der Waals surface area contributed by atoms with E-state index in [0.29, 0.717) is 6.42 Å². The first-order valence-electron chi connectivity index (χ1n) is 4.65. The van der Waals surface area contributed by atoms with Gasteiger partial charge in [0.25, 0.3) is 0 Å². The molecule has 0 aliphatic heterocycles. The normalized spacial score (nSPS) is 13.6. The number of ether oxygens (including phenoxy) is 1. The maximum Gasteiger partial charge on any atom is 0.573 e. The minimum Gasteiger partial charge on any atom is -0.403 e. The maximum absolute atomic E-state index is 13.5. The van der Waals surface area contributed by atoms with Crippen LogP contribution in [0.2, 0.25) is 0 Å². The van der Waals surface area contributed by atoms with Gasteiger partial charge in [0, 0.05) is 11.6 Å². The number of nitrogens with two attached hydrogens (primary N) is 1. The summed E-state index contributed by atoms with van der Waals surface area (Å²) in [6.07, 6.45) is -4.48. The Morgan fingerprint density at radius 2 is 2.00 bits per heavy atom. The lowest BCUT2D eigenvalue weighted by atomic mass is 10.0. The summed E-state index contributed by atoms with van der Waals surface area (Å²) in [6, 6.07) is 2.88. The van der Waals surface area contributed by atoms with Crippen molar-refractivity contribution in [3.05, 3.63) is 29.6 Å². The highest BCUT2D eigenvalue weighted by molar-refractivity contribution is 5.33. The lowest BCUT2D eigenvalue weighted by Gasteiger charge is -2.14. The molecule has 2 N–H and O–H groups in total. The number of alkyl halides is 3. The minimum atomic E-state index is -4.91. The van der Waals surface area contributed by atoms with Crippen LogP contribution < -0.4 is 10.5 Å². The van der Waals surface area contributed by atoms with Crippen LogP contribution in [0.1, 0.15) is 24.9 Å². The fourth-order valence-corrected chi connectivity index (χ4v) is 1.24. The third kappa shape index (κ3) is 3.10. The van der Waals surface area contributed by atoms with E-state index in [4.69, 9.17) is 5.73 Å². The first-order valence-corrected chi connectivity index (χ1v) is 4.65. The molecule has 2 nitrogen and oxygen atoms in total. The van der Waals surface area contributed by atoms with E-state index in [0.717, 1.165) is 6.07 Å². The monoisotopic (exact) mass is 237 g/mol. The van der Waals surface area contributed by atoms with Gasteiger partial charge in [-0.3, -0.25) is 0 Å². The first-order chi connectivity index (χ1) is 7.35. The van der Waals surface area contributed by atoms with Crippen molar-refractivity contribution < 1.29 is 22.3 Å². The summed E-state index contributed by atoms with van der Waals surface area (Å²) in [5.74, 6) is -1.91. The first kappa shape index (κ1) is 12.8. The molecule has 16 heavy (non-hydrogen) atoms. The van der Waals surface area contributed by atoms with E-state index in [1.807, 2.05) is 0 Å². The third-order valence-electron chi connectivity index (χ3n) is 2.06. The Balaban J connectivity index is 3.04. The van der Waals surface area contributed by atoms with Crippen LogP contribution in [-0.4, -0.2) is 6.36 Å². The number of hydrogen-bond acceptors (Lipinski definition) is 2. The van der Waals surface area contributed by atoms with E-state index in [1.54, 1.807) is 6.92 Å². The summed E-state index contributed by atoms with van der Waals surface area (Å²) in [7, 11) is 0. The van der Waals surface area contributed by atoms with Gasteiger partial charge in [0.2, 0.25) is 0 Å². The van der Waals surface area contributed by atoms with Crippen LogP contribution in [0.3, 0.4) is 0 Å².